The number of aryl methyl sites for hydroxylation is 2. The first kappa shape index (κ1) is 16.9. The number of anilines is 1. The SMILES string of the molecule is CC(C)c1nnc(NC(=O)c2cc(-c3ccc4c(c3)CCCC4)on2)s1. The van der Waals surface area contributed by atoms with Crippen LogP contribution in [0.3, 0.4) is 0 Å². The Kier molecular flexibility index (Phi) is 4.55. The molecule has 0 spiro atoms. The van der Waals surface area contributed by atoms with E-state index in [9.17, 15) is 4.79 Å². The predicted octanol–water partition coefficient (Wildman–Crippen LogP) is 4.45. The average molecular weight is 368 g/mol. The third-order valence-corrected chi connectivity index (χ3v) is 5.67. The molecule has 6 nitrogen and oxygen atoms in total. The molecule has 0 saturated heterocycles. The lowest BCUT2D eigenvalue weighted by Crippen LogP contribution is -2.11. The van der Waals surface area contributed by atoms with Gasteiger partial charge >= 0.3 is 0 Å². The molecule has 0 bridgehead atoms. The van der Waals surface area contributed by atoms with Crippen molar-refractivity contribution in [3.8, 4) is 11.3 Å². The van der Waals surface area contributed by atoms with Crippen LogP contribution in [0.4, 0.5) is 5.13 Å². The highest BCUT2D eigenvalue weighted by Gasteiger charge is 2.18. The van der Waals surface area contributed by atoms with E-state index in [0.29, 0.717) is 10.9 Å². The quantitative estimate of drug-likeness (QED) is 0.736. The summed E-state index contributed by atoms with van der Waals surface area (Å²) in [7, 11) is 0. The van der Waals surface area contributed by atoms with E-state index in [4.69, 9.17) is 4.52 Å². The van der Waals surface area contributed by atoms with Gasteiger partial charge in [0.25, 0.3) is 5.91 Å². The molecule has 3 aromatic rings. The summed E-state index contributed by atoms with van der Waals surface area (Å²) in [6.07, 6.45) is 4.71. The zero-order valence-corrected chi connectivity index (χ0v) is 15.6. The number of fused-ring (bicyclic) bond motifs is 1. The molecule has 4 rings (SSSR count). The van der Waals surface area contributed by atoms with Crippen molar-refractivity contribution in [2.45, 2.75) is 45.4 Å². The summed E-state index contributed by atoms with van der Waals surface area (Å²) in [5.41, 5.74) is 3.97. The van der Waals surface area contributed by atoms with Crippen LogP contribution in [0.2, 0.25) is 0 Å². The van der Waals surface area contributed by atoms with Gasteiger partial charge < -0.3 is 4.52 Å². The highest BCUT2D eigenvalue weighted by molar-refractivity contribution is 7.15. The number of aromatic nitrogens is 3. The van der Waals surface area contributed by atoms with Gasteiger partial charge in [0.2, 0.25) is 5.13 Å². The number of nitrogens with zero attached hydrogens (tertiary/aromatic N) is 3. The summed E-state index contributed by atoms with van der Waals surface area (Å²) in [4.78, 5) is 12.4. The van der Waals surface area contributed by atoms with E-state index < -0.39 is 0 Å². The smallest absolute Gasteiger partial charge is 0.279 e. The summed E-state index contributed by atoms with van der Waals surface area (Å²) >= 11 is 1.37. The standard InChI is InChI=1S/C19H20N4O2S/c1-11(2)18-21-22-19(26-18)20-17(24)15-10-16(25-23-15)14-8-7-12-5-3-4-6-13(12)9-14/h7-11H,3-6H2,1-2H3,(H,20,22,24). The van der Waals surface area contributed by atoms with E-state index in [-0.39, 0.29) is 17.5 Å². The molecule has 134 valence electrons. The molecule has 0 radical (unpaired) electrons. The molecular weight excluding hydrogens is 348 g/mol. The first-order valence-electron chi connectivity index (χ1n) is 8.84. The molecule has 1 aliphatic carbocycles. The summed E-state index contributed by atoms with van der Waals surface area (Å²) < 4.78 is 5.40. The first-order chi connectivity index (χ1) is 12.6. The Morgan fingerprint density at radius 2 is 1.96 bits per heavy atom. The Labute approximate surface area is 155 Å². The predicted molar refractivity (Wildman–Crippen MR) is 101 cm³/mol. The van der Waals surface area contributed by atoms with E-state index in [0.717, 1.165) is 23.4 Å². The maximum atomic E-state index is 12.4. The maximum Gasteiger partial charge on any atom is 0.279 e. The van der Waals surface area contributed by atoms with E-state index in [1.807, 2.05) is 19.9 Å². The minimum Gasteiger partial charge on any atom is -0.355 e. The zero-order chi connectivity index (χ0) is 18.1. The number of carbonyl (C=O) groups excluding carboxylic acids is 1. The van der Waals surface area contributed by atoms with Crippen LogP contribution in [0.5, 0.6) is 0 Å². The Balaban J connectivity index is 1.51. The summed E-state index contributed by atoms with van der Waals surface area (Å²) in [6.45, 7) is 4.07. The fourth-order valence-corrected chi connectivity index (χ4v) is 3.83. The average Bonchev–Trinajstić information content (AvgIpc) is 3.31. The zero-order valence-electron chi connectivity index (χ0n) is 14.8. The molecular formula is C19H20N4O2S. The second kappa shape index (κ2) is 6.99. The monoisotopic (exact) mass is 368 g/mol. The number of hydrogen-bond donors (Lipinski definition) is 1. The van der Waals surface area contributed by atoms with Crippen LogP contribution in [0, 0.1) is 0 Å². The van der Waals surface area contributed by atoms with Crippen molar-refractivity contribution in [1.29, 1.82) is 0 Å². The van der Waals surface area contributed by atoms with Gasteiger partial charge in [0.15, 0.2) is 11.5 Å². The van der Waals surface area contributed by atoms with Gasteiger partial charge in [-0.1, -0.05) is 42.5 Å². The normalized spacial score (nSPS) is 13.7. The van der Waals surface area contributed by atoms with Gasteiger partial charge in [-0.25, -0.2) is 0 Å². The Morgan fingerprint density at radius 1 is 1.15 bits per heavy atom. The first-order valence-corrected chi connectivity index (χ1v) is 9.65. The molecule has 1 N–H and O–H groups in total. The van der Waals surface area contributed by atoms with Crippen LogP contribution in [-0.4, -0.2) is 21.3 Å². The van der Waals surface area contributed by atoms with Crippen molar-refractivity contribution in [2.24, 2.45) is 0 Å². The molecule has 0 fully saturated rings. The van der Waals surface area contributed by atoms with Gasteiger partial charge in [0.1, 0.15) is 5.01 Å². The molecule has 2 aromatic heterocycles. The van der Waals surface area contributed by atoms with Crippen LogP contribution < -0.4 is 5.32 Å². The molecule has 1 aliphatic rings. The lowest BCUT2D eigenvalue weighted by Gasteiger charge is -2.15. The van der Waals surface area contributed by atoms with Gasteiger partial charge in [-0.3, -0.25) is 10.1 Å². The van der Waals surface area contributed by atoms with E-state index in [1.165, 1.54) is 35.3 Å². The summed E-state index contributed by atoms with van der Waals surface area (Å²) in [5.74, 6) is 0.536. The largest absolute Gasteiger partial charge is 0.355 e. The van der Waals surface area contributed by atoms with E-state index in [2.05, 4.69) is 32.8 Å². The molecule has 1 amide bonds. The van der Waals surface area contributed by atoms with Crippen LogP contribution in [0.15, 0.2) is 28.8 Å². The highest BCUT2D eigenvalue weighted by Crippen LogP contribution is 2.28. The molecule has 0 saturated carbocycles. The van der Waals surface area contributed by atoms with Crippen molar-refractivity contribution in [2.75, 3.05) is 5.32 Å². The van der Waals surface area contributed by atoms with Crippen LogP contribution >= 0.6 is 11.3 Å². The van der Waals surface area contributed by atoms with E-state index >= 15 is 0 Å². The summed E-state index contributed by atoms with van der Waals surface area (Å²) in [5, 5.41) is 16.1. The number of amides is 1. The lowest BCUT2D eigenvalue weighted by atomic mass is 9.90. The minimum absolute atomic E-state index is 0.235. The van der Waals surface area contributed by atoms with Gasteiger partial charge in [-0.2, -0.15) is 0 Å². The van der Waals surface area contributed by atoms with Gasteiger partial charge in [0, 0.05) is 17.5 Å². The van der Waals surface area contributed by atoms with Crippen molar-refractivity contribution >= 4 is 22.4 Å². The number of benzene rings is 1. The second-order valence-electron chi connectivity index (χ2n) is 6.82. The molecule has 0 atom stereocenters. The molecule has 2 heterocycles. The van der Waals surface area contributed by atoms with Crippen LogP contribution in [0.1, 0.15) is 59.2 Å². The number of hydrogen-bond acceptors (Lipinski definition) is 6. The van der Waals surface area contributed by atoms with Gasteiger partial charge in [0.05, 0.1) is 0 Å². The highest BCUT2D eigenvalue weighted by atomic mass is 32.1. The van der Waals surface area contributed by atoms with Crippen molar-refractivity contribution in [3.05, 3.63) is 46.1 Å². The number of nitrogens with one attached hydrogen (secondary N) is 1. The van der Waals surface area contributed by atoms with Crippen LogP contribution in [-0.2, 0) is 12.8 Å². The number of rotatable bonds is 4. The van der Waals surface area contributed by atoms with Crippen molar-refractivity contribution in [3.63, 3.8) is 0 Å². The topological polar surface area (TPSA) is 80.9 Å². The minimum atomic E-state index is -0.343. The fourth-order valence-electron chi connectivity index (χ4n) is 3.08. The van der Waals surface area contributed by atoms with Crippen molar-refractivity contribution < 1.29 is 9.32 Å². The molecule has 1 aromatic carbocycles. The Bertz CT molecular complexity index is 945. The van der Waals surface area contributed by atoms with Gasteiger partial charge in [-0.05, 0) is 42.9 Å². The molecule has 0 unspecified atom stereocenters. The number of carbonyl (C=O) groups is 1. The molecule has 26 heavy (non-hydrogen) atoms. The van der Waals surface area contributed by atoms with Crippen molar-refractivity contribution in [1.82, 2.24) is 15.4 Å². The van der Waals surface area contributed by atoms with Gasteiger partial charge in [-0.15, -0.1) is 10.2 Å². The van der Waals surface area contributed by atoms with E-state index in [1.54, 1.807) is 6.07 Å². The Morgan fingerprint density at radius 3 is 2.73 bits per heavy atom. The van der Waals surface area contributed by atoms with Crippen LogP contribution in [0.25, 0.3) is 11.3 Å². The maximum absolute atomic E-state index is 12.4. The fraction of sp³-hybridized carbons (Fsp3) is 0.368. The lowest BCUT2D eigenvalue weighted by molar-refractivity contribution is 0.101. The molecule has 0 aliphatic heterocycles. The second-order valence-corrected chi connectivity index (χ2v) is 7.83. The third kappa shape index (κ3) is 3.39. The molecule has 7 heteroatoms. The summed E-state index contributed by atoms with van der Waals surface area (Å²) in [6, 6.07) is 8.01. The Hall–Kier alpha value is -2.54. The third-order valence-electron chi connectivity index (χ3n) is 4.53.